The Morgan fingerprint density at radius 2 is 1.84 bits per heavy atom. The minimum atomic E-state index is 0.841. The highest BCUT2D eigenvalue weighted by atomic mass is 35.5. The van der Waals surface area contributed by atoms with Crippen molar-refractivity contribution in [2.45, 2.75) is 26.3 Å². The monoisotopic (exact) mass is 273 g/mol. The molecule has 0 aliphatic rings. The first-order valence-electron chi connectivity index (χ1n) is 6.75. The van der Waals surface area contributed by atoms with E-state index in [-0.39, 0.29) is 0 Å². The summed E-state index contributed by atoms with van der Waals surface area (Å²) in [6, 6.07) is 16.8. The number of nitrogens with one attached hydrogen (secondary N) is 1. The lowest BCUT2D eigenvalue weighted by molar-refractivity contribution is 0.649. The van der Waals surface area contributed by atoms with Crippen LogP contribution in [0.15, 0.2) is 48.5 Å². The second-order valence-corrected chi connectivity index (χ2v) is 5.27. The molecule has 1 nitrogen and oxygen atoms in total. The van der Waals surface area contributed by atoms with Gasteiger partial charge in [-0.1, -0.05) is 54.1 Å². The molecule has 1 N–H and O–H groups in total. The third-order valence-corrected chi connectivity index (χ3v) is 3.54. The van der Waals surface area contributed by atoms with E-state index in [1.807, 2.05) is 6.07 Å². The fourth-order valence-electron chi connectivity index (χ4n) is 2.08. The Labute approximate surface area is 120 Å². The van der Waals surface area contributed by atoms with Gasteiger partial charge < -0.3 is 5.32 Å². The second kappa shape index (κ2) is 7.32. The summed E-state index contributed by atoms with van der Waals surface area (Å²) < 4.78 is 0. The molecule has 0 aromatic heterocycles. The molecule has 0 aliphatic carbocycles. The molecular weight excluding hydrogens is 254 g/mol. The smallest absolute Gasteiger partial charge is 0.0453 e. The van der Waals surface area contributed by atoms with Gasteiger partial charge in [-0.25, -0.2) is 0 Å². The van der Waals surface area contributed by atoms with Crippen LogP contribution in [-0.2, 0) is 13.0 Å². The first-order valence-corrected chi connectivity index (χ1v) is 7.13. The lowest BCUT2D eigenvalue weighted by atomic mass is 10.1. The Kier molecular flexibility index (Phi) is 5.44. The van der Waals surface area contributed by atoms with Gasteiger partial charge in [0.15, 0.2) is 0 Å². The fraction of sp³-hybridized carbons (Fsp3) is 0.294. The van der Waals surface area contributed by atoms with Crippen molar-refractivity contribution in [3.05, 3.63) is 70.2 Å². The van der Waals surface area contributed by atoms with E-state index in [9.17, 15) is 0 Å². The summed E-state index contributed by atoms with van der Waals surface area (Å²) in [4.78, 5) is 0. The zero-order valence-corrected chi connectivity index (χ0v) is 12.1. The van der Waals surface area contributed by atoms with E-state index in [1.54, 1.807) is 0 Å². The van der Waals surface area contributed by atoms with E-state index in [2.05, 4.69) is 54.7 Å². The third kappa shape index (κ3) is 4.70. The van der Waals surface area contributed by atoms with Crippen LogP contribution < -0.4 is 5.32 Å². The van der Waals surface area contributed by atoms with Crippen molar-refractivity contribution < 1.29 is 0 Å². The number of halogens is 1. The van der Waals surface area contributed by atoms with E-state index in [4.69, 9.17) is 11.6 Å². The number of rotatable bonds is 6. The maximum absolute atomic E-state index is 6.20. The van der Waals surface area contributed by atoms with E-state index >= 15 is 0 Å². The Morgan fingerprint density at radius 3 is 2.58 bits per heavy atom. The van der Waals surface area contributed by atoms with Gasteiger partial charge in [0.05, 0.1) is 0 Å². The molecule has 0 atom stereocenters. The van der Waals surface area contributed by atoms with Gasteiger partial charge in [0.1, 0.15) is 0 Å². The lowest BCUT2D eigenvalue weighted by Crippen LogP contribution is -2.15. The Morgan fingerprint density at radius 1 is 1.05 bits per heavy atom. The molecule has 0 saturated carbocycles. The molecule has 2 aromatic rings. The molecule has 2 heteroatoms. The number of aryl methyl sites for hydroxylation is 2. The molecule has 100 valence electrons. The molecule has 2 aromatic carbocycles. The molecule has 0 amide bonds. The second-order valence-electron chi connectivity index (χ2n) is 4.86. The summed E-state index contributed by atoms with van der Waals surface area (Å²) in [7, 11) is 0. The molecule has 0 heterocycles. The summed E-state index contributed by atoms with van der Waals surface area (Å²) in [5, 5.41) is 4.30. The van der Waals surface area contributed by atoms with Gasteiger partial charge in [-0.05, 0) is 49.1 Å². The zero-order chi connectivity index (χ0) is 13.5. The SMILES string of the molecule is Cc1ccc(CNCCCc2ccccc2)c(Cl)c1. The molecule has 0 spiro atoms. The van der Waals surface area contributed by atoms with Crippen LogP contribution in [0.1, 0.15) is 23.1 Å². The number of hydrogen-bond acceptors (Lipinski definition) is 1. The van der Waals surface area contributed by atoms with Gasteiger partial charge in [-0.3, -0.25) is 0 Å². The van der Waals surface area contributed by atoms with Crippen LogP contribution in [0.25, 0.3) is 0 Å². The van der Waals surface area contributed by atoms with E-state index in [0.29, 0.717) is 0 Å². The van der Waals surface area contributed by atoms with Crippen LogP contribution in [0.4, 0.5) is 0 Å². The molecule has 19 heavy (non-hydrogen) atoms. The molecule has 0 fully saturated rings. The molecule has 0 aliphatic heterocycles. The van der Waals surface area contributed by atoms with Crippen molar-refractivity contribution in [1.29, 1.82) is 0 Å². The summed E-state index contributed by atoms with van der Waals surface area (Å²) in [6.45, 7) is 3.91. The predicted octanol–water partition coefficient (Wildman–Crippen LogP) is 4.37. The summed E-state index contributed by atoms with van der Waals surface area (Å²) >= 11 is 6.20. The van der Waals surface area contributed by atoms with E-state index < -0.39 is 0 Å². The van der Waals surface area contributed by atoms with Crippen LogP contribution >= 0.6 is 11.6 Å². The van der Waals surface area contributed by atoms with Gasteiger partial charge in [-0.15, -0.1) is 0 Å². The quantitative estimate of drug-likeness (QED) is 0.771. The topological polar surface area (TPSA) is 12.0 Å². The van der Waals surface area contributed by atoms with Gasteiger partial charge in [-0.2, -0.15) is 0 Å². The number of hydrogen-bond donors (Lipinski definition) is 1. The predicted molar refractivity (Wildman–Crippen MR) is 82.7 cm³/mol. The van der Waals surface area contributed by atoms with Crippen molar-refractivity contribution in [2.75, 3.05) is 6.54 Å². The van der Waals surface area contributed by atoms with Crippen LogP contribution in [0.5, 0.6) is 0 Å². The molecule has 0 radical (unpaired) electrons. The maximum atomic E-state index is 6.20. The van der Waals surface area contributed by atoms with Crippen molar-refractivity contribution >= 4 is 11.6 Å². The average Bonchev–Trinajstić information content (AvgIpc) is 2.42. The van der Waals surface area contributed by atoms with Crippen LogP contribution in [0.3, 0.4) is 0 Å². The van der Waals surface area contributed by atoms with E-state index in [1.165, 1.54) is 16.7 Å². The first kappa shape index (κ1) is 14.1. The third-order valence-electron chi connectivity index (χ3n) is 3.19. The Bertz CT molecular complexity index is 508. The molecule has 2 rings (SSSR count). The normalized spacial score (nSPS) is 10.6. The van der Waals surface area contributed by atoms with Crippen LogP contribution in [0.2, 0.25) is 5.02 Å². The van der Waals surface area contributed by atoms with Crippen molar-refractivity contribution in [3.63, 3.8) is 0 Å². The van der Waals surface area contributed by atoms with Crippen molar-refractivity contribution in [2.24, 2.45) is 0 Å². The fourth-order valence-corrected chi connectivity index (χ4v) is 2.38. The Hall–Kier alpha value is -1.31. The van der Waals surface area contributed by atoms with Crippen molar-refractivity contribution in [1.82, 2.24) is 5.32 Å². The molecular formula is C17H20ClN. The number of benzene rings is 2. The highest BCUT2D eigenvalue weighted by Crippen LogP contribution is 2.17. The summed E-state index contributed by atoms with van der Waals surface area (Å²) in [5.74, 6) is 0. The van der Waals surface area contributed by atoms with E-state index in [0.717, 1.165) is 31.0 Å². The minimum Gasteiger partial charge on any atom is -0.313 e. The van der Waals surface area contributed by atoms with Gasteiger partial charge >= 0.3 is 0 Å². The molecule has 0 bridgehead atoms. The zero-order valence-electron chi connectivity index (χ0n) is 11.3. The van der Waals surface area contributed by atoms with Crippen LogP contribution in [0, 0.1) is 6.92 Å². The first-order chi connectivity index (χ1) is 9.25. The van der Waals surface area contributed by atoms with Crippen LogP contribution in [-0.4, -0.2) is 6.54 Å². The molecule has 0 saturated heterocycles. The average molecular weight is 274 g/mol. The van der Waals surface area contributed by atoms with Crippen molar-refractivity contribution in [3.8, 4) is 0 Å². The minimum absolute atomic E-state index is 0.841. The highest BCUT2D eigenvalue weighted by molar-refractivity contribution is 6.31. The molecule has 0 unspecified atom stereocenters. The summed E-state index contributed by atoms with van der Waals surface area (Å²) in [6.07, 6.45) is 2.27. The Balaban J connectivity index is 1.69. The largest absolute Gasteiger partial charge is 0.313 e. The summed E-state index contributed by atoms with van der Waals surface area (Å²) in [5.41, 5.74) is 3.78. The lowest BCUT2D eigenvalue weighted by Gasteiger charge is -2.07. The van der Waals surface area contributed by atoms with Gasteiger partial charge in [0, 0.05) is 11.6 Å². The maximum Gasteiger partial charge on any atom is 0.0453 e. The highest BCUT2D eigenvalue weighted by Gasteiger charge is 1.99. The standard InChI is InChI=1S/C17H20ClN/c1-14-9-10-16(17(18)12-14)13-19-11-5-8-15-6-3-2-4-7-15/h2-4,6-7,9-10,12,19H,5,8,11,13H2,1H3. The van der Waals surface area contributed by atoms with Gasteiger partial charge in [0.2, 0.25) is 0 Å². The van der Waals surface area contributed by atoms with Gasteiger partial charge in [0.25, 0.3) is 0 Å².